The van der Waals surface area contributed by atoms with Gasteiger partial charge in [-0.3, -0.25) is 0 Å². The molecule has 1 aliphatic heterocycles. The maximum atomic E-state index is 12.4. The zero-order valence-corrected chi connectivity index (χ0v) is 19.6. The molecule has 4 rings (SSSR count). The highest BCUT2D eigenvalue weighted by molar-refractivity contribution is 7.19. The molecule has 2 aromatic heterocycles. The monoisotopic (exact) mass is 456 g/mol. The number of hydrogen-bond acceptors (Lipinski definition) is 8. The Kier molecular flexibility index (Phi) is 6.21. The van der Waals surface area contributed by atoms with E-state index in [0.29, 0.717) is 25.6 Å². The summed E-state index contributed by atoms with van der Waals surface area (Å²) in [6.45, 7) is 8.76. The molecule has 0 unspecified atom stereocenters. The summed E-state index contributed by atoms with van der Waals surface area (Å²) in [5, 5.41) is 9.91. The number of aromatic hydroxyl groups is 1. The second-order valence-electron chi connectivity index (χ2n) is 8.78. The van der Waals surface area contributed by atoms with Crippen LogP contribution >= 0.6 is 11.3 Å². The van der Waals surface area contributed by atoms with Crippen LogP contribution in [0.5, 0.6) is 5.75 Å². The number of phenolic OH excluding ortho intramolecular Hbond substituents is 1. The number of carbonyl (C=O) groups is 1. The van der Waals surface area contributed by atoms with Gasteiger partial charge in [-0.15, -0.1) is 11.3 Å². The third-order valence-corrected chi connectivity index (χ3v) is 6.02. The molecule has 1 saturated heterocycles. The lowest BCUT2D eigenvalue weighted by Crippen LogP contribution is -2.36. The third kappa shape index (κ3) is 5.11. The molecule has 0 bridgehead atoms. The molecule has 0 spiro atoms. The quantitative estimate of drug-likeness (QED) is 0.627. The number of morpholine rings is 1. The van der Waals surface area contributed by atoms with Crippen LogP contribution in [0.2, 0.25) is 0 Å². The Morgan fingerprint density at radius 3 is 2.69 bits per heavy atom. The van der Waals surface area contributed by atoms with Gasteiger partial charge in [-0.2, -0.15) is 0 Å². The zero-order chi connectivity index (χ0) is 22.9. The van der Waals surface area contributed by atoms with Crippen molar-refractivity contribution in [2.45, 2.75) is 32.9 Å². The lowest BCUT2D eigenvalue weighted by Gasteiger charge is -2.28. The minimum atomic E-state index is -0.545. The first-order valence-corrected chi connectivity index (χ1v) is 11.4. The van der Waals surface area contributed by atoms with Gasteiger partial charge >= 0.3 is 6.09 Å². The molecule has 3 aromatic rings. The molecule has 3 heterocycles. The fraction of sp³-hybridized carbons (Fsp3) is 0.435. The van der Waals surface area contributed by atoms with Gasteiger partial charge in [0.15, 0.2) is 11.6 Å². The van der Waals surface area contributed by atoms with Gasteiger partial charge in [0.2, 0.25) is 0 Å². The number of ether oxygens (including phenoxy) is 2. The Balaban J connectivity index is 1.70. The highest BCUT2D eigenvalue weighted by Crippen LogP contribution is 2.35. The molecule has 0 saturated carbocycles. The molecular formula is C23H28N4O4S. The average molecular weight is 457 g/mol. The van der Waals surface area contributed by atoms with Crippen molar-refractivity contribution in [2.24, 2.45) is 0 Å². The van der Waals surface area contributed by atoms with Gasteiger partial charge < -0.3 is 24.4 Å². The number of hydrogen-bond donors (Lipinski definition) is 1. The number of phenols is 1. The number of benzene rings is 1. The van der Waals surface area contributed by atoms with E-state index in [9.17, 15) is 9.90 Å². The first kappa shape index (κ1) is 22.3. The SMILES string of the molecule is CN(Cc1cc2nc(-c3cccc(O)c3)nc(N3CCOCC3)c2s1)C(=O)OC(C)(C)C. The van der Waals surface area contributed by atoms with E-state index in [1.807, 2.05) is 32.9 Å². The molecule has 1 fully saturated rings. The van der Waals surface area contributed by atoms with E-state index in [-0.39, 0.29) is 11.8 Å². The Morgan fingerprint density at radius 2 is 2.00 bits per heavy atom. The molecule has 1 aromatic carbocycles. The number of anilines is 1. The van der Waals surface area contributed by atoms with Gasteiger partial charge in [0.25, 0.3) is 0 Å². The average Bonchev–Trinajstić information content (AvgIpc) is 3.14. The summed E-state index contributed by atoms with van der Waals surface area (Å²) >= 11 is 1.58. The van der Waals surface area contributed by atoms with Crippen molar-refractivity contribution < 1.29 is 19.4 Å². The predicted octanol–water partition coefficient (Wildman–Crippen LogP) is 4.27. The van der Waals surface area contributed by atoms with E-state index in [1.54, 1.807) is 41.5 Å². The van der Waals surface area contributed by atoms with Crippen molar-refractivity contribution in [3.8, 4) is 17.1 Å². The fourth-order valence-corrected chi connectivity index (χ4v) is 4.61. The molecule has 32 heavy (non-hydrogen) atoms. The van der Waals surface area contributed by atoms with Crippen molar-refractivity contribution in [1.29, 1.82) is 0 Å². The Labute approximate surface area is 191 Å². The van der Waals surface area contributed by atoms with E-state index in [2.05, 4.69) is 4.90 Å². The Morgan fingerprint density at radius 1 is 1.25 bits per heavy atom. The van der Waals surface area contributed by atoms with E-state index >= 15 is 0 Å². The number of amides is 1. The summed E-state index contributed by atoms with van der Waals surface area (Å²) in [4.78, 5) is 26.8. The lowest BCUT2D eigenvalue weighted by molar-refractivity contribution is 0.0286. The van der Waals surface area contributed by atoms with Crippen LogP contribution in [0, 0.1) is 0 Å². The number of aromatic nitrogens is 2. The zero-order valence-electron chi connectivity index (χ0n) is 18.8. The third-order valence-electron chi connectivity index (χ3n) is 4.92. The Bertz CT molecular complexity index is 1120. The van der Waals surface area contributed by atoms with Crippen molar-refractivity contribution in [3.63, 3.8) is 0 Å². The standard InChI is InChI=1S/C23H28N4O4S/c1-23(2,3)31-22(29)26(4)14-17-13-18-19(32-17)21(27-8-10-30-11-9-27)25-20(24-18)15-6-5-7-16(28)12-15/h5-7,12-13,28H,8-11,14H2,1-4H3. The van der Waals surface area contributed by atoms with Gasteiger partial charge in [0, 0.05) is 30.6 Å². The van der Waals surface area contributed by atoms with Gasteiger partial charge in [-0.05, 0) is 39.0 Å². The van der Waals surface area contributed by atoms with Crippen LogP contribution in [-0.4, -0.2) is 65.0 Å². The molecular weight excluding hydrogens is 428 g/mol. The largest absolute Gasteiger partial charge is 0.508 e. The van der Waals surface area contributed by atoms with Crippen molar-refractivity contribution in [3.05, 3.63) is 35.2 Å². The summed E-state index contributed by atoms with van der Waals surface area (Å²) in [6.07, 6.45) is -0.366. The smallest absolute Gasteiger partial charge is 0.410 e. The van der Waals surface area contributed by atoms with Crippen LogP contribution in [0.1, 0.15) is 25.6 Å². The molecule has 8 nitrogen and oxygen atoms in total. The fourth-order valence-electron chi connectivity index (χ4n) is 3.44. The Hall–Kier alpha value is -2.91. The molecule has 1 aliphatic rings. The van der Waals surface area contributed by atoms with E-state index in [1.165, 1.54) is 0 Å². The first-order chi connectivity index (χ1) is 15.2. The van der Waals surface area contributed by atoms with E-state index < -0.39 is 5.60 Å². The normalized spacial score (nSPS) is 14.6. The molecule has 1 amide bonds. The number of thiophene rings is 1. The molecule has 0 radical (unpaired) electrons. The molecule has 0 atom stereocenters. The van der Waals surface area contributed by atoms with Crippen LogP contribution in [-0.2, 0) is 16.0 Å². The van der Waals surface area contributed by atoms with Crippen molar-refractivity contribution in [2.75, 3.05) is 38.3 Å². The van der Waals surface area contributed by atoms with Crippen LogP contribution in [0.4, 0.5) is 10.6 Å². The first-order valence-electron chi connectivity index (χ1n) is 10.6. The van der Waals surface area contributed by atoms with Crippen LogP contribution in [0.3, 0.4) is 0 Å². The minimum absolute atomic E-state index is 0.170. The number of fused-ring (bicyclic) bond motifs is 1. The predicted molar refractivity (Wildman–Crippen MR) is 125 cm³/mol. The molecule has 170 valence electrons. The van der Waals surface area contributed by atoms with Crippen LogP contribution < -0.4 is 4.90 Å². The second kappa shape index (κ2) is 8.91. The number of nitrogens with zero attached hydrogens (tertiary/aromatic N) is 4. The van der Waals surface area contributed by atoms with Crippen molar-refractivity contribution in [1.82, 2.24) is 14.9 Å². The van der Waals surface area contributed by atoms with E-state index in [0.717, 1.165) is 39.6 Å². The van der Waals surface area contributed by atoms with E-state index in [4.69, 9.17) is 19.4 Å². The summed E-state index contributed by atoms with van der Waals surface area (Å²) in [6, 6.07) is 8.95. The molecule has 0 aliphatic carbocycles. The number of rotatable bonds is 4. The topological polar surface area (TPSA) is 88.0 Å². The summed E-state index contributed by atoms with van der Waals surface area (Å²) < 4.78 is 12.0. The summed E-state index contributed by atoms with van der Waals surface area (Å²) in [7, 11) is 1.73. The summed E-state index contributed by atoms with van der Waals surface area (Å²) in [5.41, 5.74) is 1.02. The van der Waals surface area contributed by atoms with Crippen LogP contribution in [0.15, 0.2) is 30.3 Å². The highest BCUT2D eigenvalue weighted by atomic mass is 32.1. The molecule has 1 N–H and O–H groups in total. The van der Waals surface area contributed by atoms with Crippen molar-refractivity contribution >= 4 is 33.5 Å². The number of carbonyl (C=O) groups excluding carboxylic acids is 1. The summed E-state index contributed by atoms with van der Waals surface area (Å²) in [5.74, 6) is 1.58. The molecule has 9 heteroatoms. The van der Waals surface area contributed by atoms with Gasteiger partial charge in [-0.1, -0.05) is 12.1 Å². The maximum absolute atomic E-state index is 12.4. The second-order valence-corrected chi connectivity index (χ2v) is 9.92. The van der Waals surface area contributed by atoms with Gasteiger partial charge in [0.05, 0.1) is 30.0 Å². The minimum Gasteiger partial charge on any atom is -0.508 e. The highest BCUT2D eigenvalue weighted by Gasteiger charge is 2.23. The van der Waals surface area contributed by atoms with Gasteiger partial charge in [-0.25, -0.2) is 14.8 Å². The van der Waals surface area contributed by atoms with Gasteiger partial charge in [0.1, 0.15) is 11.4 Å². The van der Waals surface area contributed by atoms with Crippen LogP contribution in [0.25, 0.3) is 21.6 Å². The maximum Gasteiger partial charge on any atom is 0.410 e. The lowest BCUT2D eigenvalue weighted by atomic mass is 10.2.